The molecule has 0 atom stereocenters. The first-order valence-electron chi connectivity index (χ1n) is 7.81. The van der Waals surface area contributed by atoms with Crippen LogP contribution in [0.1, 0.15) is 30.2 Å². The number of carbonyl (C=O) groups is 1. The Morgan fingerprint density at radius 3 is 2.64 bits per heavy atom. The van der Waals surface area contributed by atoms with Crippen LogP contribution in [-0.2, 0) is 13.6 Å². The molecule has 0 aliphatic carbocycles. The molecule has 1 aromatic carbocycles. The molecule has 130 valence electrons. The quantitative estimate of drug-likeness (QED) is 0.699. The lowest BCUT2D eigenvalue weighted by atomic mass is 10.2. The standard InChI is InChI=1S/C17H18ClN5O2/c1-11(2)23(17(24)14-8-22(3)10-19-14)9-15-20-16(25-21-15)12-4-6-13(18)7-5-12/h4-8,10-11H,9H2,1-3H3. The van der Waals surface area contributed by atoms with Gasteiger partial charge in [-0.3, -0.25) is 4.79 Å². The van der Waals surface area contributed by atoms with Gasteiger partial charge in [-0.05, 0) is 38.1 Å². The number of hydrogen-bond donors (Lipinski definition) is 0. The van der Waals surface area contributed by atoms with E-state index in [1.807, 2.05) is 20.9 Å². The zero-order chi connectivity index (χ0) is 18.0. The summed E-state index contributed by atoms with van der Waals surface area (Å²) in [6.45, 7) is 4.10. The summed E-state index contributed by atoms with van der Waals surface area (Å²) < 4.78 is 7.03. The molecule has 3 aromatic rings. The van der Waals surface area contributed by atoms with E-state index >= 15 is 0 Å². The molecule has 0 saturated heterocycles. The van der Waals surface area contributed by atoms with Crippen molar-refractivity contribution in [2.75, 3.05) is 0 Å². The SMILES string of the molecule is CC(C)N(Cc1noc(-c2ccc(Cl)cc2)n1)C(=O)c1cn(C)cn1. The Morgan fingerprint density at radius 1 is 1.32 bits per heavy atom. The van der Waals surface area contributed by atoms with Gasteiger partial charge < -0.3 is 14.0 Å². The molecule has 2 aromatic heterocycles. The highest BCUT2D eigenvalue weighted by Gasteiger charge is 2.23. The second-order valence-corrected chi connectivity index (χ2v) is 6.41. The van der Waals surface area contributed by atoms with Crippen molar-refractivity contribution in [1.29, 1.82) is 0 Å². The molecule has 0 saturated carbocycles. The number of nitrogens with zero attached hydrogens (tertiary/aromatic N) is 5. The van der Waals surface area contributed by atoms with Gasteiger partial charge in [0, 0.05) is 29.9 Å². The van der Waals surface area contributed by atoms with Crippen LogP contribution in [0.5, 0.6) is 0 Å². The third-order valence-electron chi connectivity index (χ3n) is 3.68. The monoisotopic (exact) mass is 359 g/mol. The number of aryl methyl sites for hydroxylation is 1. The fourth-order valence-corrected chi connectivity index (χ4v) is 2.47. The van der Waals surface area contributed by atoms with Gasteiger partial charge in [-0.15, -0.1) is 0 Å². The Labute approximate surface area is 150 Å². The Hall–Kier alpha value is -2.67. The van der Waals surface area contributed by atoms with Crippen LogP contribution in [0.3, 0.4) is 0 Å². The van der Waals surface area contributed by atoms with Crippen LogP contribution in [0, 0.1) is 0 Å². The molecule has 3 rings (SSSR count). The fourth-order valence-electron chi connectivity index (χ4n) is 2.34. The first-order chi connectivity index (χ1) is 11.9. The van der Waals surface area contributed by atoms with E-state index in [9.17, 15) is 4.79 Å². The Bertz CT molecular complexity index is 869. The van der Waals surface area contributed by atoms with Gasteiger partial charge >= 0.3 is 0 Å². The summed E-state index contributed by atoms with van der Waals surface area (Å²) in [6, 6.07) is 7.09. The highest BCUT2D eigenvalue weighted by molar-refractivity contribution is 6.30. The second-order valence-electron chi connectivity index (χ2n) is 5.97. The molecule has 25 heavy (non-hydrogen) atoms. The average molecular weight is 360 g/mol. The molecule has 0 fully saturated rings. The maximum atomic E-state index is 12.7. The van der Waals surface area contributed by atoms with Crippen LogP contribution in [0.4, 0.5) is 0 Å². The molecular formula is C17H18ClN5O2. The number of hydrogen-bond acceptors (Lipinski definition) is 5. The van der Waals surface area contributed by atoms with Gasteiger partial charge in [0.2, 0.25) is 0 Å². The molecule has 2 heterocycles. The zero-order valence-corrected chi connectivity index (χ0v) is 14.9. The molecule has 0 radical (unpaired) electrons. The van der Waals surface area contributed by atoms with E-state index in [0.717, 1.165) is 5.56 Å². The summed E-state index contributed by atoms with van der Waals surface area (Å²) in [7, 11) is 1.82. The number of benzene rings is 1. The van der Waals surface area contributed by atoms with E-state index in [1.54, 1.807) is 46.3 Å². The molecule has 0 aliphatic heterocycles. The van der Waals surface area contributed by atoms with Gasteiger partial charge in [0.15, 0.2) is 5.82 Å². The van der Waals surface area contributed by atoms with E-state index in [1.165, 1.54) is 0 Å². The molecule has 0 N–H and O–H groups in total. The topological polar surface area (TPSA) is 77.0 Å². The molecule has 7 nitrogen and oxygen atoms in total. The average Bonchev–Trinajstić information content (AvgIpc) is 3.21. The van der Waals surface area contributed by atoms with Gasteiger partial charge in [-0.25, -0.2) is 4.98 Å². The summed E-state index contributed by atoms with van der Waals surface area (Å²) in [5, 5.41) is 4.61. The van der Waals surface area contributed by atoms with Gasteiger partial charge in [0.05, 0.1) is 12.9 Å². The summed E-state index contributed by atoms with van der Waals surface area (Å²) >= 11 is 5.88. The third kappa shape index (κ3) is 3.88. The van der Waals surface area contributed by atoms with Gasteiger partial charge in [-0.1, -0.05) is 16.8 Å². The number of aromatic nitrogens is 4. The predicted molar refractivity (Wildman–Crippen MR) is 93.0 cm³/mol. The number of carbonyl (C=O) groups excluding carboxylic acids is 1. The summed E-state index contributed by atoms with van der Waals surface area (Å²) in [4.78, 5) is 22.8. The summed E-state index contributed by atoms with van der Waals surface area (Å²) in [5.74, 6) is 0.650. The van der Waals surface area contributed by atoms with Crippen LogP contribution >= 0.6 is 11.6 Å². The molecule has 0 spiro atoms. The molecule has 0 unspecified atom stereocenters. The lowest BCUT2D eigenvalue weighted by Crippen LogP contribution is -2.37. The third-order valence-corrected chi connectivity index (χ3v) is 3.93. The van der Waals surface area contributed by atoms with Crippen molar-refractivity contribution in [3.8, 4) is 11.5 Å². The Kier molecular flexibility index (Phi) is 4.85. The molecule has 0 aliphatic rings. The van der Waals surface area contributed by atoms with Gasteiger partial charge in [0.25, 0.3) is 11.8 Å². The van der Waals surface area contributed by atoms with Crippen molar-refractivity contribution in [1.82, 2.24) is 24.6 Å². The number of imidazole rings is 1. The minimum atomic E-state index is -0.173. The van der Waals surface area contributed by atoms with Gasteiger partial charge in [0.1, 0.15) is 5.69 Å². The molecule has 8 heteroatoms. The molecule has 1 amide bonds. The first kappa shape index (κ1) is 17.2. The lowest BCUT2D eigenvalue weighted by Gasteiger charge is -2.24. The Morgan fingerprint density at radius 2 is 2.04 bits per heavy atom. The van der Waals surface area contributed by atoms with Crippen molar-refractivity contribution in [3.63, 3.8) is 0 Å². The largest absolute Gasteiger partial charge is 0.340 e. The second kappa shape index (κ2) is 7.06. The van der Waals surface area contributed by atoms with Crippen molar-refractivity contribution in [2.45, 2.75) is 26.4 Å². The number of amides is 1. The van der Waals surface area contributed by atoms with Crippen LogP contribution in [0.25, 0.3) is 11.5 Å². The smallest absolute Gasteiger partial charge is 0.274 e. The van der Waals surface area contributed by atoms with Gasteiger partial charge in [-0.2, -0.15) is 4.98 Å². The summed E-state index contributed by atoms with van der Waals surface area (Å²) in [5.41, 5.74) is 1.16. The van der Waals surface area contributed by atoms with E-state index in [0.29, 0.717) is 22.4 Å². The van der Waals surface area contributed by atoms with Crippen LogP contribution in [-0.4, -0.2) is 36.5 Å². The lowest BCUT2D eigenvalue weighted by molar-refractivity contribution is 0.0678. The highest BCUT2D eigenvalue weighted by atomic mass is 35.5. The van der Waals surface area contributed by atoms with Crippen LogP contribution in [0.15, 0.2) is 41.3 Å². The Balaban J connectivity index is 1.79. The predicted octanol–water partition coefficient (Wildman–Crippen LogP) is 3.17. The van der Waals surface area contributed by atoms with Crippen molar-refractivity contribution >= 4 is 17.5 Å². The van der Waals surface area contributed by atoms with E-state index in [4.69, 9.17) is 16.1 Å². The van der Waals surface area contributed by atoms with E-state index in [2.05, 4.69) is 15.1 Å². The van der Waals surface area contributed by atoms with Crippen molar-refractivity contribution in [3.05, 3.63) is 53.3 Å². The molecule has 0 bridgehead atoms. The zero-order valence-electron chi connectivity index (χ0n) is 14.2. The summed E-state index contributed by atoms with van der Waals surface area (Å²) in [6.07, 6.45) is 3.28. The minimum absolute atomic E-state index is 0.0352. The highest BCUT2D eigenvalue weighted by Crippen LogP contribution is 2.20. The maximum Gasteiger partial charge on any atom is 0.274 e. The van der Waals surface area contributed by atoms with Crippen molar-refractivity contribution < 1.29 is 9.32 Å². The normalized spacial score (nSPS) is 11.1. The maximum absolute atomic E-state index is 12.7. The molecular weight excluding hydrogens is 342 g/mol. The van der Waals surface area contributed by atoms with Crippen molar-refractivity contribution in [2.24, 2.45) is 7.05 Å². The van der Waals surface area contributed by atoms with E-state index < -0.39 is 0 Å². The number of halogens is 1. The fraction of sp³-hybridized carbons (Fsp3) is 0.294. The minimum Gasteiger partial charge on any atom is -0.340 e. The van der Waals surface area contributed by atoms with Crippen LogP contribution < -0.4 is 0 Å². The number of rotatable bonds is 5. The first-order valence-corrected chi connectivity index (χ1v) is 8.19. The van der Waals surface area contributed by atoms with Crippen LogP contribution in [0.2, 0.25) is 5.02 Å². The van der Waals surface area contributed by atoms with E-state index in [-0.39, 0.29) is 18.5 Å².